The summed E-state index contributed by atoms with van der Waals surface area (Å²) in [7, 11) is 0. The predicted octanol–water partition coefficient (Wildman–Crippen LogP) is 0.790. The van der Waals surface area contributed by atoms with Gasteiger partial charge in [-0.3, -0.25) is 4.79 Å². The lowest BCUT2D eigenvalue weighted by atomic mass is 9.79. The number of rotatable bonds is 3. The molecule has 0 saturated carbocycles. The highest BCUT2D eigenvalue weighted by Crippen LogP contribution is 2.28. The van der Waals surface area contributed by atoms with Crippen LogP contribution in [-0.4, -0.2) is 48.8 Å². The number of morpholine rings is 1. The topological polar surface area (TPSA) is 62.4 Å². The second-order valence-corrected chi connectivity index (χ2v) is 7.47. The molecule has 0 spiro atoms. The van der Waals surface area contributed by atoms with Crippen LogP contribution in [0.25, 0.3) is 0 Å². The Balaban J connectivity index is 1.83. The molecule has 2 fully saturated rings. The van der Waals surface area contributed by atoms with Crippen LogP contribution in [0, 0.1) is 0 Å². The molecule has 0 aromatic heterocycles. The molecule has 5 nitrogen and oxygen atoms in total. The number of hydrogen-bond acceptors (Lipinski definition) is 4. The molecular formula is C15H29N3O2. The van der Waals surface area contributed by atoms with Gasteiger partial charge in [-0.1, -0.05) is 0 Å². The van der Waals surface area contributed by atoms with Crippen LogP contribution in [0.2, 0.25) is 0 Å². The Bertz CT molecular complexity index is 333. The average Bonchev–Trinajstić information content (AvgIpc) is 2.25. The minimum absolute atomic E-state index is 0.0199. The highest BCUT2D eigenvalue weighted by Gasteiger charge is 2.38. The van der Waals surface area contributed by atoms with Gasteiger partial charge in [0.2, 0.25) is 5.91 Å². The van der Waals surface area contributed by atoms with Crippen LogP contribution in [-0.2, 0) is 9.53 Å². The molecule has 1 atom stereocenters. The van der Waals surface area contributed by atoms with Crippen LogP contribution in [0.1, 0.15) is 47.0 Å². The summed E-state index contributed by atoms with van der Waals surface area (Å²) in [5, 5.41) is 10.1. The first kappa shape index (κ1) is 15.7. The first-order valence-corrected chi connectivity index (χ1v) is 7.67. The number of nitrogens with one attached hydrogen (secondary N) is 3. The van der Waals surface area contributed by atoms with Gasteiger partial charge in [-0.2, -0.15) is 0 Å². The van der Waals surface area contributed by atoms with E-state index in [1.165, 1.54) is 0 Å². The minimum Gasteiger partial charge on any atom is -0.375 e. The molecule has 1 amide bonds. The van der Waals surface area contributed by atoms with Crippen molar-refractivity contribution in [1.82, 2.24) is 16.0 Å². The monoisotopic (exact) mass is 283 g/mol. The summed E-state index contributed by atoms with van der Waals surface area (Å²) in [6.07, 6.45) is 2.40. The van der Waals surface area contributed by atoms with Crippen molar-refractivity contribution in [3.05, 3.63) is 0 Å². The Morgan fingerprint density at radius 2 is 1.90 bits per heavy atom. The highest BCUT2D eigenvalue weighted by molar-refractivity contribution is 5.76. The zero-order chi connectivity index (χ0) is 14.8. The summed E-state index contributed by atoms with van der Waals surface area (Å²) < 4.78 is 5.58. The van der Waals surface area contributed by atoms with Gasteiger partial charge in [0.15, 0.2) is 0 Å². The summed E-state index contributed by atoms with van der Waals surface area (Å²) in [4.78, 5) is 12.2. The van der Waals surface area contributed by atoms with E-state index in [4.69, 9.17) is 4.74 Å². The average molecular weight is 283 g/mol. The van der Waals surface area contributed by atoms with E-state index < -0.39 is 0 Å². The van der Waals surface area contributed by atoms with Gasteiger partial charge in [0.25, 0.3) is 0 Å². The first-order valence-electron chi connectivity index (χ1n) is 7.67. The molecule has 3 N–H and O–H groups in total. The molecule has 2 aliphatic rings. The maximum atomic E-state index is 12.2. The molecular weight excluding hydrogens is 254 g/mol. The van der Waals surface area contributed by atoms with E-state index in [0.717, 1.165) is 25.9 Å². The number of hydrogen-bond donors (Lipinski definition) is 3. The number of ether oxygens (including phenoxy) is 1. The van der Waals surface area contributed by atoms with E-state index >= 15 is 0 Å². The highest BCUT2D eigenvalue weighted by atomic mass is 16.5. The van der Waals surface area contributed by atoms with Crippen LogP contribution in [0.15, 0.2) is 0 Å². The molecule has 1 unspecified atom stereocenters. The number of carbonyl (C=O) groups is 1. The molecule has 2 saturated heterocycles. The standard InChI is InChI=1S/C15H29N3O2/c1-14(2)8-11(9-15(3,4)18-14)17-13(19)7-12-10-16-5-6-20-12/h11-12,16,18H,5-10H2,1-4H3,(H,17,19). The van der Waals surface area contributed by atoms with Crippen LogP contribution < -0.4 is 16.0 Å². The van der Waals surface area contributed by atoms with Crippen molar-refractivity contribution < 1.29 is 9.53 Å². The molecule has 5 heteroatoms. The lowest BCUT2D eigenvalue weighted by Gasteiger charge is -2.46. The first-order chi connectivity index (χ1) is 9.26. The zero-order valence-electron chi connectivity index (χ0n) is 13.2. The van der Waals surface area contributed by atoms with E-state index in [9.17, 15) is 4.79 Å². The zero-order valence-corrected chi connectivity index (χ0v) is 13.2. The molecule has 2 rings (SSSR count). The Morgan fingerprint density at radius 3 is 2.45 bits per heavy atom. The van der Waals surface area contributed by atoms with Crippen molar-refractivity contribution in [2.75, 3.05) is 19.7 Å². The van der Waals surface area contributed by atoms with Crippen molar-refractivity contribution in [1.29, 1.82) is 0 Å². The Labute approximate surface area is 122 Å². The Morgan fingerprint density at radius 1 is 1.25 bits per heavy atom. The summed E-state index contributed by atoms with van der Waals surface area (Å²) in [6.45, 7) is 11.1. The van der Waals surface area contributed by atoms with Crippen LogP contribution in [0.5, 0.6) is 0 Å². The molecule has 20 heavy (non-hydrogen) atoms. The van der Waals surface area contributed by atoms with Crippen molar-refractivity contribution in [3.8, 4) is 0 Å². The fourth-order valence-corrected chi connectivity index (χ4v) is 3.67. The van der Waals surface area contributed by atoms with Crippen molar-refractivity contribution in [3.63, 3.8) is 0 Å². The molecule has 0 bridgehead atoms. The minimum atomic E-state index is 0.0199. The van der Waals surface area contributed by atoms with E-state index in [0.29, 0.717) is 13.0 Å². The third-order valence-electron chi connectivity index (χ3n) is 3.97. The molecule has 0 aliphatic carbocycles. The van der Waals surface area contributed by atoms with Gasteiger partial charge < -0.3 is 20.7 Å². The summed E-state index contributed by atoms with van der Waals surface area (Å²) in [6, 6.07) is 0.241. The largest absolute Gasteiger partial charge is 0.375 e. The van der Waals surface area contributed by atoms with Gasteiger partial charge in [-0.05, 0) is 40.5 Å². The summed E-state index contributed by atoms with van der Waals surface area (Å²) in [5.74, 6) is 0.109. The smallest absolute Gasteiger partial charge is 0.222 e. The molecule has 0 aromatic rings. The van der Waals surface area contributed by atoms with Crippen molar-refractivity contribution in [2.45, 2.75) is 70.2 Å². The molecule has 0 aromatic carbocycles. The molecule has 0 radical (unpaired) electrons. The number of amides is 1. The fourth-order valence-electron chi connectivity index (χ4n) is 3.67. The van der Waals surface area contributed by atoms with Gasteiger partial charge >= 0.3 is 0 Å². The SMILES string of the molecule is CC1(C)CC(NC(=O)CC2CNCCO2)CC(C)(C)N1. The van der Waals surface area contributed by atoms with Crippen LogP contribution in [0.3, 0.4) is 0 Å². The van der Waals surface area contributed by atoms with Crippen LogP contribution >= 0.6 is 0 Å². The molecule has 2 heterocycles. The van der Waals surface area contributed by atoms with Gasteiger partial charge in [0.1, 0.15) is 0 Å². The van der Waals surface area contributed by atoms with E-state index in [1.54, 1.807) is 0 Å². The number of carbonyl (C=O) groups excluding carboxylic acids is 1. The Kier molecular flexibility index (Phi) is 4.72. The van der Waals surface area contributed by atoms with Gasteiger partial charge in [-0.15, -0.1) is 0 Å². The lowest BCUT2D eigenvalue weighted by molar-refractivity contribution is -0.125. The van der Waals surface area contributed by atoms with Gasteiger partial charge in [-0.25, -0.2) is 0 Å². The lowest BCUT2D eigenvalue weighted by Crippen LogP contribution is -2.62. The normalized spacial score (nSPS) is 29.9. The number of piperidine rings is 1. The third-order valence-corrected chi connectivity index (χ3v) is 3.97. The second kappa shape index (κ2) is 6.00. The van der Waals surface area contributed by atoms with Gasteiger partial charge in [0.05, 0.1) is 19.1 Å². The molecule has 116 valence electrons. The Hall–Kier alpha value is -0.650. The van der Waals surface area contributed by atoms with Gasteiger partial charge in [0, 0.05) is 30.2 Å². The predicted molar refractivity (Wildman–Crippen MR) is 79.7 cm³/mol. The second-order valence-electron chi connectivity index (χ2n) is 7.47. The third kappa shape index (κ3) is 4.72. The van der Waals surface area contributed by atoms with E-state index in [2.05, 4.69) is 43.6 Å². The van der Waals surface area contributed by atoms with Crippen LogP contribution in [0.4, 0.5) is 0 Å². The molecule has 2 aliphatic heterocycles. The fraction of sp³-hybridized carbons (Fsp3) is 0.933. The maximum absolute atomic E-state index is 12.2. The quantitative estimate of drug-likeness (QED) is 0.717. The van der Waals surface area contributed by atoms with Crippen molar-refractivity contribution in [2.24, 2.45) is 0 Å². The van der Waals surface area contributed by atoms with Crippen molar-refractivity contribution >= 4 is 5.91 Å². The van der Waals surface area contributed by atoms with E-state index in [-0.39, 0.29) is 29.1 Å². The summed E-state index contributed by atoms with van der Waals surface area (Å²) >= 11 is 0. The van der Waals surface area contributed by atoms with E-state index in [1.807, 2.05) is 0 Å². The summed E-state index contributed by atoms with van der Waals surface area (Å²) in [5.41, 5.74) is 0.116. The maximum Gasteiger partial charge on any atom is 0.222 e.